The lowest BCUT2D eigenvalue weighted by atomic mass is 10.1. The van der Waals surface area contributed by atoms with Gasteiger partial charge in [-0.25, -0.2) is 9.79 Å². The van der Waals surface area contributed by atoms with Gasteiger partial charge in [-0.3, -0.25) is 0 Å². The van der Waals surface area contributed by atoms with Gasteiger partial charge in [-0.15, -0.1) is 0 Å². The molecular weight excluding hydrogens is 286 g/mol. The van der Waals surface area contributed by atoms with E-state index in [1.807, 2.05) is 0 Å². The van der Waals surface area contributed by atoms with Gasteiger partial charge in [0.15, 0.2) is 5.76 Å². The molecule has 1 aliphatic heterocycles. The van der Waals surface area contributed by atoms with E-state index < -0.39 is 5.97 Å². The van der Waals surface area contributed by atoms with E-state index in [1.165, 1.54) is 7.11 Å². The Morgan fingerprint density at radius 1 is 1.23 bits per heavy atom. The Bertz CT molecular complexity index is 700. The van der Waals surface area contributed by atoms with E-state index in [-0.39, 0.29) is 17.0 Å². The first-order valence-electron chi connectivity index (χ1n) is 6.53. The molecule has 0 amide bonds. The topological polar surface area (TPSA) is 77.4 Å². The van der Waals surface area contributed by atoms with Crippen LogP contribution in [0.5, 0.6) is 11.5 Å². The first kappa shape index (κ1) is 15.6. The molecule has 0 saturated heterocycles. The van der Waals surface area contributed by atoms with E-state index in [9.17, 15) is 9.90 Å². The Labute approximate surface area is 128 Å². The molecule has 1 N–H and O–H groups in total. The van der Waals surface area contributed by atoms with Crippen molar-refractivity contribution in [3.05, 3.63) is 40.8 Å². The summed E-state index contributed by atoms with van der Waals surface area (Å²) in [6, 6.07) is 5.26. The number of aliphatic hydroxyl groups excluding tert-OH is 1. The molecule has 22 heavy (non-hydrogen) atoms. The highest BCUT2D eigenvalue weighted by Gasteiger charge is 2.27. The Morgan fingerprint density at radius 3 is 2.55 bits per heavy atom. The average Bonchev–Trinajstić information content (AvgIpc) is 2.80. The van der Waals surface area contributed by atoms with Crippen molar-refractivity contribution < 1.29 is 24.1 Å². The summed E-state index contributed by atoms with van der Waals surface area (Å²) in [5.41, 5.74) is 1.41. The molecule has 1 aromatic carbocycles. The fraction of sp³-hybridized carbons (Fsp3) is 0.250. The first-order valence-corrected chi connectivity index (χ1v) is 6.53. The number of benzene rings is 1. The van der Waals surface area contributed by atoms with Gasteiger partial charge in [0.05, 0.1) is 27.0 Å². The highest BCUT2D eigenvalue weighted by Crippen LogP contribution is 2.31. The standard InChI is InChI=1S/C16H17NO5/c1-9-14(16(19)22-4)15(18)12(17-9)8-10-7-11(20-2)5-6-13(10)21-3/h5-8,18H,1-4H3/b12-8+. The minimum absolute atomic E-state index is 0.0654. The van der Waals surface area contributed by atoms with E-state index in [2.05, 4.69) is 9.73 Å². The number of rotatable bonds is 4. The summed E-state index contributed by atoms with van der Waals surface area (Å²) in [5.74, 6) is 0.400. The van der Waals surface area contributed by atoms with Gasteiger partial charge in [-0.05, 0) is 31.2 Å². The molecule has 2 rings (SSSR count). The molecule has 0 atom stereocenters. The average molecular weight is 303 g/mol. The van der Waals surface area contributed by atoms with Crippen molar-refractivity contribution >= 4 is 17.8 Å². The van der Waals surface area contributed by atoms with Crippen LogP contribution in [0.3, 0.4) is 0 Å². The molecule has 0 unspecified atom stereocenters. The van der Waals surface area contributed by atoms with Gasteiger partial charge in [0.25, 0.3) is 0 Å². The van der Waals surface area contributed by atoms with Crippen molar-refractivity contribution in [3.63, 3.8) is 0 Å². The zero-order chi connectivity index (χ0) is 16.3. The third kappa shape index (κ3) is 2.81. The van der Waals surface area contributed by atoms with Crippen LogP contribution in [-0.4, -0.2) is 38.1 Å². The quantitative estimate of drug-likeness (QED) is 0.865. The lowest BCUT2D eigenvalue weighted by Gasteiger charge is -2.08. The van der Waals surface area contributed by atoms with Crippen molar-refractivity contribution in [2.24, 2.45) is 4.99 Å². The van der Waals surface area contributed by atoms with Gasteiger partial charge in [-0.1, -0.05) is 0 Å². The number of esters is 1. The second-order valence-electron chi connectivity index (χ2n) is 4.55. The van der Waals surface area contributed by atoms with Crippen molar-refractivity contribution in [1.82, 2.24) is 0 Å². The number of nitrogens with zero attached hydrogens (tertiary/aromatic N) is 1. The zero-order valence-corrected chi connectivity index (χ0v) is 12.8. The number of methoxy groups -OCH3 is 3. The van der Waals surface area contributed by atoms with Gasteiger partial charge in [0.2, 0.25) is 0 Å². The summed E-state index contributed by atoms with van der Waals surface area (Å²) >= 11 is 0. The van der Waals surface area contributed by atoms with Crippen LogP contribution in [0.1, 0.15) is 12.5 Å². The summed E-state index contributed by atoms with van der Waals surface area (Å²) < 4.78 is 15.1. The SMILES string of the molecule is COC(=O)C1=C(O)/C(=C\c2cc(OC)ccc2OC)N=C1C. The normalized spacial score (nSPS) is 15.8. The Hall–Kier alpha value is -2.76. The monoisotopic (exact) mass is 303 g/mol. The lowest BCUT2D eigenvalue weighted by molar-refractivity contribution is -0.135. The van der Waals surface area contributed by atoms with E-state index >= 15 is 0 Å². The van der Waals surface area contributed by atoms with E-state index in [0.717, 1.165) is 0 Å². The fourth-order valence-corrected chi connectivity index (χ4v) is 2.14. The Balaban J connectivity index is 2.51. The molecule has 0 radical (unpaired) electrons. The lowest BCUT2D eigenvalue weighted by Crippen LogP contribution is -2.11. The van der Waals surface area contributed by atoms with Gasteiger partial charge < -0.3 is 19.3 Å². The molecule has 0 fully saturated rings. The third-order valence-electron chi connectivity index (χ3n) is 3.25. The molecule has 0 spiro atoms. The summed E-state index contributed by atoms with van der Waals surface area (Å²) in [6.45, 7) is 1.63. The molecule has 6 heteroatoms. The highest BCUT2D eigenvalue weighted by atomic mass is 16.5. The van der Waals surface area contributed by atoms with E-state index in [0.29, 0.717) is 22.8 Å². The van der Waals surface area contributed by atoms with Crippen LogP contribution >= 0.6 is 0 Å². The molecule has 116 valence electrons. The first-order chi connectivity index (χ1) is 10.5. The van der Waals surface area contributed by atoms with Crippen molar-refractivity contribution in [2.45, 2.75) is 6.92 Å². The maximum absolute atomic E-state index is 11.7. The van der Waals surface area contributed by atoms with Crippen LogP contribution < -0.4 is 9.47 Å². The molecule has 0 aliphatic carbocycles. The maximum Gasteiger partial charge on any atom is 0.343 e. The van der Waals surface area contributed by atoms with Crippen LogP contribution in [0.25, 0.3) is 6.08 Å². The van der Waals surface area contributed by atoms with Crippen LogP contribution in [-0.2, 0) is 9.53 Å². The van der Waals surface area contributed by atoms with Crippen LogP contribution in [0.4, 0.5) is 0 Å². The predicted molar refractivity (Wildman–Crippen MR) is 82.3 cm³/mol. The van der Waals surface area contributed by atoms with Crippen LogP contribution in [0.15, 0.2) is 40.2 Å². The molecule has 1 aliphatic rings. The zero-order valence-electron chi connectivity index (χ0n) is 12.8. The van der Waals surface area contributed by atoms with Gasteiger partial charge in [-0.2, -0.15) is 0 Å². The largest absolute Gasteiger partial charge is 0.505 e. The number of aliphatic hydroxyl groups is 1. The third-order valence-corrected chi connectivity index (χ3v) is 3.25. The number of hydrogen-bond donors (Lipinski definition) is 1. The number of hydrogen-bond acceptors (Lipinski definition) is 6. The maximum atomic E-state index is 11.7. The van der Waals surface area contributed by atoms with Gasteiger partial charge >= 0.3 is 5.97 Å². The molecule has 0 bridgehead atoms. The Morgan fingerprint density at radius 2 is 1.95 bits per heavy atom. The second-order valence-corrected chi connectivity index (χ2v) is 4.55. The van der Waals surface area contributed by atoms with Crippen LogP contribution in [0, 0.1) is 0 Å². The van der Waals surface area contributed by atoms with Crippen LogP contribution in [0.2, 0.25) is 0 Å². The Kier molecular flexibility index (Phi) is 4.50. The van der Waals surface area contributed by atoms with E-state index in [4.69, 9.17) is 9.47 Å². The summed E-state index contributed by atoms with van der Waals surface area (Å²) in [4.78, 5) is 15.9. The minimum atomic E-state index is -0.625. The van der Waals surface area contributed by atoms with Crippen molar-refractivity contribution in [3.8, 4) is 11.5 Å². The van der Waals surface area contributed by atoms with Gasteiger partial charge in [0.1, 0.15) is 22.8 Å². The number of ether oxygens (including phenoxy) is 3. The molecule has 0 aromatic heterocycles. The minimum Gasteiger partial charge on any atom is -0.505 e. The number of carbonyl (C=O) groups excluding carboxylic acids is 1. The molecular formula is C16H17NO5. The van der Waals surface area contributed by atoms with E-state index in [1.54, 1.807) is 45.4 Å². The van der Waals surface area contributed by atoms with Crippen molar-refractivity contribution in [2.75, 3.05) is 21.3 Å². The van der Waals surface area contributed by atoms with Gasteiger partial charge in [0, 0.05) is 5.56 Å². The fourth-order valence-electron chi connectivity index (χ4n) is 2.14. The predicted octanol–water partition coefficient (Wildman–Crippen LogP) is 2.50. The summed E-state index contributed by atoms with van der Waals surface area (Å²) in [6.07, 6.45) is 1.62. The number of aliphatic imine (C=N–C) groups is 1. The summed E-state index contributed by atoms with van der Waals surface area (Å²) in [5, 5.41) is 10.2. The second kappa shape index (κ2) is 6.34. The van der Waals surface area contributed by atoms with Crippen molar-refractivity contribution in [1.29, 1.82) is 0 Å². The molecule has 1 aromatic rings. The smallest absolute Gasteiger partial charge is 0.343 e. The number of carbonyl (C=O) groups is 1. The molecule has 1 heterocycles. The summed E-state index contributed by atoms with van der Waals surface area (Å²) in [7, 11) is 4.36. The molecule has 0 saturated carbocycles. The highest BCUT2D eigenvalue weighted by molar-refractivity contribution is 6.22. The molecule has 6 nitrogen and oxygen atoms in total.